The van der Waals surface area contributed by atoms with Gasteiger partial charge in [-0.15, -0.1) is 23.2 Å². The summed E-state index contributed by atoms with van der Waals surface area (Å²) in [6.45, 7) is 0. The highest BCUT2D eigenvalue weighted by atomic mass is 79.9. The summed E-state index contributed by atoms with van der Waals surface area (Å²) in [7, 11) is 0. The highest BCUT2D eigenvalue weighted by molar-refractivity contribution is 9.12. The van der Waals surface area contributed by atoms with E-state index < -0.39 is 9.75 Å². The minimum Gasteiger partial charge on any atom is -0.291 e. The van der Waals surface area contributed by atoms with E-state index in [0.29, 0.717) is 10.7 Å². The minimum absolute atomic E-state index is 0.00564. The van der Waals surface area contributed by atoms with Gasteiger partial charge in [0.05, 0.1) is 5.03 Å². The average Bonchev–Trinajstić information content (AvgIpc) is 2.60. The van der Waals surface area contributed by atoms with E-state index in [2.05, 4.69) is 37.9 Å². The summed E-state index contributed by atoms with van der Waals surface area (Å²) < 4.78 is 0. The molecule has 5 aliphatic rings. The van der Waals surface area contributed by atoms with Crippen LogP contribution >= 0.6 is 78.3 Å². The average molecular weight is 482 g/mol. The minimum atomic E-state index is -1.26. The molecule has 0 aromatic rings. The Morgan fingerprint density at radius 1 is 0.950 bits per heavy atom. The molecule has 0 saturated heterocycles. The van der Waals surface area contributed by atoms with Crippen LogP contribution in [0, 0.1) is 23.7 Å². The third kappa shape index (κ3) is 1.27. The first-order chi connectivity index (χ1) is 9.27. The molecular formula is C13H8Br2Cl4O. The molecule has 5 rings (SSSR count). The lowest BCUT2D eigenvalue weighted by atomic mass is 9.46. The van der Waals surface area contributed by atoms with Gasteiger partial charge in [-0.2, -0.15) is 0 Å². The summed E-state index contributed by atoms with van der Waals surface area (Å²) in [6.07, 6.45) is 4.07. The highest BCUT2D eigenvalue weighted by Gasteiger charge is 2.79. The lowest BCUT2D eigenvalue weighted by Crippen LogP contribution is -2.74. The lowest BCUT2D eigenvalue weighted by molar-refractivity contribution is -0.122. The van der Waals surface area contributed by atoms with Crippen LogP contribution in [0.3, 0.4) is 0 Å². The Bertz CT molecular complexity index is 605. The Balaban J connectivity index is 1.96. The van der Waals surface area contributed by atoms with Crippen LogP contribution in [0.1, 0.15) is 0 Å². The van der Waals surface area contributed by atoms with Crippen molar-refractivity contribution in [3.8, 4) is 0 Å². The molecule has 8 atom stereocenters. The highest BCUT2D eigenvalue weighted by Crippen LogP contribution is 2.73. The van der Waals surface area contributed by atoms with E-state index in [-0.39, 0.29) is 38.4 Å². The number of carbonyl (C=O) groups excluding carboxylic acids is 1. The van der Waals surface area contributed by atoms with Crippen LogP contribution in [-0.2, 0) is 4.79 Å². The van der Waals surface area contributed by atoms with Crippen molar-refractivity contribution in [1.29, 1.82) is 0 Å². The molecule has 0 heterocycles. The summed E-state index contributed by atoms with van der Waals surface area (Å²) in [4.78, 5) is 10.8. The molecule has 20 heavy (non-hydrogen) atoms. The van der Waals surface area contributed by atoms with Gasteiger partial charge < -0.3 is 0 Å². The first-order valence-corrected chi connectivity index (χ1v) is 9.57. The third-order valence-electron chi connectivity index (χ3n) is 5.33. The third-order valence-corrected chi connectivity index (χ3v) is 11.0. The smallest absolute Gasteiger partial charge is 0.199 e. The summed E-state index contributed by atoms with van der Waals surface area (Å²) >= 11 is 33.4. The number of ketones is 1. The van der Waals surface area contributed by atoms with Crippen molar-refractivity contribution in [3.05, 3.63) is 22.2 Å². The molecule has 0 aliphatic heterocycles. The Morgan fingerprint density at radius 3 is 1.90 bits per heavy atom. The van der Waals surface area contributed by atoms with Gasteiger partial charge in [0.1, 0.15) is 14.8 Å². The maximum atomic E-state index is 12.6. The van der Waals surface area contributed by atoms with Gasteiger partial charge in [-0.3, -0.25) is 4.79 Å². The maximum Gasteiger partial charge on any atom is 0.199 e. The van der Waals surface area contributed by atoms with E-state index in [1.807, 2.05) is 6.08 Å². The molecule has 0 N–H and O–H groups in total. The van der Waals surface area contributed by atoms with Crippen LogP contribution in [0.2, 0.25) is 0 Å². The molecule has 0 aromatic carbocycles. The largest absolute Gasteiger partial charge is 0.291 e. The Labute approximate surface area is 153 Å². The number of hydrogen-bond donors (Lipinski definition) is 0. The molecule has 5 aliphatic carbocycles. The van der Waals surface area contributed by atoms with Crippen LogP contribution < -0.4 is 0 Å². The number of allylic oxidation sites excluding steroid dienone is 4. The van der Waals surface area contributed by atoms with Gasteiger partial charge in [0.2, 0.25) is 0 Å². The number of alkyl halides is 4. The number of carbonyl (C=O) groups is 1. The van der Waals surface area contributed by atoms with Gasteiger partial charge >= 0.3 is 0 Å². The van der Waals surface area contributed by atoms with Crippen molar-refractivity contribution in [3.63, 3.8) is 0 Å². The van der Waals surface area contributed by atoms with Crippen LogP contribution in [0.15, 0.2) is 22.2 Å². The van der Waals surface area contributed by atoms with Gasteiger partial charge in [0.15, 0.2) is 5.78 Å². The Kier molecular flexibility index (Phi) is 3.13. The van der Waals surface area contributed by atoms with E-state index in [1.54, 1.807) is 0 Å². The van der Waals surface area contributed by atoms with E-state index in [4.69, 9.17) is 46.4 Å². The first kappa shape index (κ1) is 14.8. The molecule has 2 fully saturated rings. The molecule has 0 unspecified atom stereocenters. The second kappa shape index (κ2) is 4.21. The zero-order chi connectivity index (χ0) is 14.6. The molecule has 7 heteroatoms. The second-order valence-electron chi connectivity index (χ2n) is 5.86. The predicted molar refractivity (Wildman–Crippen MR) is 89.4 cm³/mol. The van der Waals surface area contributed by atoms with Crippen molar-refractivity contribution in [2.24, 2.45) is 23.7 Å². The maximum absolute atomic E-state index is 12.6. The van der Waals surface area contributed by atoms with Crippen molar-refractivity contribution in [1.82, 2.24) is 0 Å². The zero-order valence-electron chi connectivity index (χ0n) is 9.79. The summed E-state index contributed by atoms with van der Waals surface area (Å²) in [5.41, 5.74) is 0. The topological polar surface area (TPSA) is 17.1 Å². The SMILES string of the molecule is O=C1C(Cl)=C(Cl)[C@]2(Cl)[C@@H]3C=C[C@@H]([C@@H]4[C@@H](Br)[C@@H](Br)[C@@H]43)[C@@]12Cl. The Morgan fingerprint density at radius 2 is 1.40 bits per heavy atom. The molecule has 0 radical (unpaired) electrons. The standard InChI is InChI=1S/C13H8Br2Cl4O/c14-7-5-3-1-2-4(6(5)8(7)15)13(19)11(20)9(16)10(17)12(3,13)18/h1-8H/t3-,4+,5-,6+,7+,8-,12-,13-/m1/s1. The molecule has 1 nitrogen and oxygen atoms in total. The van der Waals surface area contributed by atoms with Crippen molar-refractivity contribution in [2.45, 2.75) is 19.4 Å². The van der Waals surface area contributed by atoms with Gasteiger partial charge in [-0.1, -0.05) is 67.2 Å². The molecule has 2 saturated carbocycles. The zero-order valence-corrected chi connectivity index (χ0v) is 16.0. The predicted octanol–water partition coefficient (Wildman–Crippen LogP) is 4.80. The fraction of sp³-hybridized carbons (Fsp3) is 0.615. The fourth-order valence-corrected chi connectivity index (χ4v) is 8.33. The normalized spacial score (nSPS) is 59.6. The number of hydrogen-bond acceptors (Lipinski definition) is 1. The molecule has 2 bridgehead atoms. The van der Waals surface area contributed by atoms with E-state index in [9.17, 15) is 4.79 Å². The van der Waals surface area contributed by atoms with Crippen molar-refractivity contribution >= 4 is 84.0 Å². The summed E-state index contributed by atoms with van der Waals surface area (Å²) in [5, 5.41) is 0.199. The van der Waals surface area contributed by atoms with Gasteiger partial charge in [-0.05, 0) is 11.8 Å². The van der Waals surface area contributed by atoms with E-state index >= 15 is 0 Å². The van der Waals surface area contributed by atoms with Crippen molar-refractivity contribution in [2.75, 3.05) is 0 Å². The van der Waals surface area contributed by atoms with E-state index in [1.165, 1.54) is 0 Å². The first-order valence-electron chi connectivity index (χ1n) is 6.22. The summed E-state index contributed by atoms with van der Waals surface area (Å²) in [5.74, 6) is -0.0103. The van der Waals surface area contributed by atoms with Crippen LogP contribution in [0.4, 0.5) is 0 Å². The van der Waals surface area contributed by atoms with Crippen LogP contribution in [0.5, 0.6) is 0 Å². The quantitative estimate of drug-likeness (QED) is 0.359. The van der Waals surface area contributed by atoms with Crippen molar-refractivity contribution < 1.29 is 4.79 Å². The van der Waals surface area contributed by atoms with Gasteiger partial charge in [-0.25, -0.2) is 0 Å². The van der Waals surface area contributed by atoms with Crippen LogP contribution in [-0.4, -0.2) is 25.2 Å². The number of halogens is 6. The molecule has 0 amide bonds. The molecule has 0 spiro atoms. The number of Topliss-reactive ketones (excluding diaryl/α,β-unsaturated/α-hetero) is 1. The fourth-order valence-electron chi connectivity index (χ4n) is 4.40. The number of rotatable bonds is 0. The second-order valence-corrected chi connectivity index (χ2v) is 9.92. The summed E-state index contributed by atoms with van der Waals surface area (Å²) in [6, 6.07) is 0. The van der Waals surface area contributed by atoms with Crippen LogP contribution in [0.25, 0.3) is 0 Å². The van der Waals surface area contributed by atoms with Gasteiger partial charge in [0, 0.05) is 21.5 Å². The molecule has 0 aromatic heterocycles. The Hall–Kier alpha value is 1.27. The van der Waals surface area contributed by atoms with Gasteiger partial charge in [0.25, 0.3) is 0 Å². The molecular weight excluding hydrogens is 474 g/mol. The monoisotopic (exact) mass is 478 g/mol. The van der Waals surface area contributed by atoms with E-state index in [0.717, 1.165) is 0 Å². The lowest BCUT2D eigenvalue weighted by Gasteiger charge is -2.66. The molecule has 108 valence electrons.